The summed E-state index contributed by atoms with van der Waals surface area (Å²) in [5.74, 6) is -2.66. The summed E-state index contributed by atoms with van der Waals surface area (Å²) in [5, 5.41) is 39.4. The highest BCUT2D eigenvalue weighted by Crippen LogP contribution is 2.68. The van der Waals surface area contributed by atoms with E-state index in [4.69, 9.17) is 14.9 Å². The number of nitrogens with zero attached hydrogens (tertiary/aromatic N) is 3. The maximum Gasteiger partial charge on any atom is 0.244 e. The number of fused-ring (bicyclic) bond motifs is 2. The van der Waals surface area contributed by atoms with Gasteiger partial charge in [-0.25, -0.2) is 0 Å². The zero-order valence-corrected chi connectivity index (χ0v) is 18.6. The van der Waals surface area contributed by atoms with Gasteiger partial charge in [-0.3, -0.25) is 5.41 Å². The molecule has 154 valence electrons. The van der Waals surface area contributed by atoms with Gasteiger partial charge in [0.2, 0.25) is 17.1 Å². The van der Waals surface area contributed by atoms with E-state index in [-0.39, 0.29) is 0 Å². The normalized spacial score (nSPS) is 30.5. The Balaban J connectivity index is 2.00. The molecule has 2 aliphatic rings. The third-order valence-corrected chi connectivity index (χ3v) is 7.13. The SMILES string of the molecule is CCc1ccc(C2OC3(c4ccc(Br)cc4)OC(=N)C(C#N)(C3C)C2(C#N)C#N)cc1. The van der Waals surface area contributed by atoms with Crippen LogP contribution in [0.1, 0.15) is 36.6 Å². The molecule has 2 aromatic carbocycles. The van der Waals surface area contributed by atoms with Crippen LogP contribution in [0.3, 0.4) is 0 Å². The average molecular weight is 475 g/mol. The smallest absolute Gasteiger partial charge is 0.244 e. The molecule has 2 aromatic rings. The molecule has 0 aromatic heterocycles. The quantitative estimate of drug-likeness (QED) is 0.662. The first-order chi connectivity index (χ1) is 14.8. The molecule has 2 heterocycles. The summed E-state index contributed by atoms with van der Waals surface area (Å²) in [6.07, 6.45) is -0.251. The van der Waals surface area contributed by atoms with Crippen LogP contribution in [-0.2, 0) is 21.7 Å². The van der Waals surface area contributed by atoms with Gasteiger partial charge in [0.25, 0.3) is 0 Å². The summed E-state index contributed by atoms with van der Waals surface area (Å²) in [6, 6.07) is 21.0. The summed E-state index contributed by atoms with van der Waals surface area (Å²) >= 11 is 3.41. The van der Waals surface area contributed by atoms with Crippen molar-refractivity contribution in [3.63, 3.8) is 0 Å². The van der Waals surface area contributed by atoms with Gasteiger partial charge in [-0.15, -0.1) is 0 Å². The Morgan fingerprint density at radius 1 is 1.00 bits per heavy atom. The van der Waals surface area contributed by atoms with Crippen LogP contribution in [0.15, 0.2) is 53.0 Å². The zero-order chi connectivity index (χ0) is 22.4. The van der Waals surface area contributed by atoms with E-state index in [0.717, 1.165) is 16.5 Å². The number of aryl methyl sites for hydroxylation is 1. The van der Waals surface area contributed by atoms with Crippen LogP contribution in [0.4, 0.5) is 0 Å². The summed E-state index contributed by atoms with van der Waals surface area (Å²) in [7, 11) is 0. The van der Waals surface area contributed by atoms with Crippen molar-refractivity contribution in [2.24, 2.45) is 16.7 Å². The largest absolute Gasteiger partial charge is 0.443 e. The van der Waals surface area contributed by atoms with Gasteiger partial charge in [0.15, 0.2) is 5.41 Å². The maximum atomic E-state index is 10.3. The molecule has 4 rings (SSSR count). The summed E-state index contributed by atoms with van der Waals surface area (Å²) in [5.41, 5.74) is -1.45. The Bertz CT molecular complexity index is 1160. The van der Waals surface area contributed by atoms with E-state index in [1.54, 1.807) is 19.1 Å². The molecule has 4 atom stereocenters. The Labute approximate surface area is 189 Å². The highest BCUT2D eigenvalue weighted by atomic mass is 79.9. The van der Waals surface area contributed by atoms with Crippen molar-refractivity contribution in [1.29, 1.82) is 21.2 Å². The minimum Gasteiger partial charge on any atom is -0.443 e. The maximum absolute atomic E-state index is 10.3. The predicted octanol–water partition coefficient (Wildman–Crippen LogP) is 5.12. The summed E-state index contributed by atoms with van der Waals surface area (Å²) < 4.78 is 13.3. The molecule has 0 amide bonds. The van der Waals surface area contributed by atoms with Gasteiger partial charge in [0.05, 0.1) is 24.1 Å². The van der Waals surface area contributed by atoms with Crippen molar-refractivity contribution in [2.75, 3.05) is 0 Å². The minimum atomic E-state index is -1.96. The van der Waals surface area contributed by atoms with Crippen molar-refractivity contribution >= 4 is 21.8 Å². The first kappa shape index (κ1) is 21.1. The van der Waals surface area contributed by atoms with Crippen LogP contribution in [0.2, 0.25) is 0 Å². The Morgan fingerprint density at radius 2 is 1.61 bits per heavy atom. The standard InChI is InChI=1S/C24H19BrN4O2/c1-3-16-4-6-17(7-5-16)20-22(12-26,13-27)23(14-28)15(2)24(30-20,31-21(23)29)18-8-10-19(25)11-9-18/h4-11,15,20,29H,3H2,1-2H3. The monoisotopic (exact) mass is 474 g/mol. The van der Waals surface area contributed by atoms with E-state index in [9.17, 15) is 15.8 Å². The number of nitriles is 3. The lowest BCUT2D eigenvalue weighted by atomic mass is 9.53. The van der Waals surface area contributed by atoms with Crippen LogP contribution < -0.4 is 0 Å². The lowest BCUT2D eigenvalue weighted by molar-refractivity contribution is -0.288. The Morgan fingerprint density at radius 3 is 2.13 bits per heavy atom. The van der Waals surface area contributed by atoms with Crippen LogP contribution in [0.25, 0.3) is 0 Å². The van der Waals surface area contributed by atoms with Gasteiger partial charge >= 0.3 is 0 Å². The van der Waals surface area contributed by atoms with E-state index in [2.05, 4.69) is 34.1 Å². The van der Waals surface area contributed by atoms with Crippen LogP contribution in [0.5, 0.6) is 0 Å². The molecule has 6 nitrogen and oxygen atoms in total. The molecule has 2 fully saturated rings. The molecular formula is C24H19BrN4O2. The highest BCUT2D eigenvalue weighted by Gasteiger charge is 2.79. The number of ether oxygens (including phenoxy) is 2. The number of benzene rings is 2. The molecule has 1 N–H and O–H groups in total. The van der Waals surface area contributed by atoms with E-state index in [1.165, 1.54) is 0 Å². The number of hydrogen-bond donors (Lipinski definition) is 1. The fourth-order valence-corrected chi connectivity index (χ4v) is 5.04. The van der Waals surface area contributed by atoms with Gasteiger partial charge in [0.1, 0.15) is 6.10 Å². The first-order valence-electron chi connectivity index (χ1n) is 9.89. The van der Waals surface area contributed by atoms with E-state index < -0.39 is 34.5 Å². The minimum absolute atomic E-state index is 0.416. The van der Waals surface area contributed by atoms with Gasteiger partial charge < -0.3 is 9.47 Å². The molecule has 0 spiro atoms. The second-order valence-corrected chi connectivity index (χ2v) is 8.79. The fourth-order valence-electron chi connectivity index (χ4n) is 4.78. The average Bonchev–Trinajstić information content (AvgIpc) is 2.96. The molecule has 2 saturated heterocycles. The Kier molecular flexibility index (Phi) is 4.90. The van der Waals surface area contributed by atoms with Crippen molar-refractivity contribution in [2.45, 2.75) is 32.2 Å². The molecule has 7 heteroatoms. The highest BCUT2D eigenvalue weighted by molar-refractivity contribution is 9.10. The van der Waals surface area contributed by atoms with Crippen molar-refractivity contribution in [1.82, 2.24) is 0 Å². The molecule has 31 heavy (non-hydrogen) atoms. The fraction of sp³-hybridized carbons (Fsp3) is 0.333. The molecule has 2 aliphatic heterocycles. The zero-order valence-electron chi connectivity index (χ0n) is 17.0. The van der Waals surface area contributed by atoms with E-state index in [1.807, 2.05) is 43.3 Å². The van der Waals surface area contributed by atoms with Gasteiger partial charge in [0, 0.05) is 10.0 Å². The van der Waals surface area contributed by atoms with Crippen LogP contribution >= 0.6 is 15.9 Å². The van der Waals surface area contributed by atoms with Crippen LogP contribution in [0, 0.1) is 56.2 Å². The molecule has 0 saturated carbocycles. The van der Waals surface area contributed by atoms with Crippen LogP contribution in [-0.4, -0.2) is 5.90 Å². The third kappa shape index (κ3) is 2.53. The molecule has 0 radical (unpaired) electrons. The van der Waals surface area contributed by atoms with Gasteiger partial charge in [-0.1, -0.05) is 66.2 Å². The lowest BCUT2D eigenvalue weighted by Gasteiger charge is -2.48. The molecule has 4 unspecified atom stereocenters. The first-order valence-corrected chi connectivity index (χ1v) is 10.7. The number of hydrogen-bond acceptors (Lipinski definition) is 6. The van der Waals surface area contributed by atoms with Gasteiger partial charge in [-0.05, 0) is 29.7 Å². The van der Waals surface area contributed by atoms with E-state index >= 15 is 0 Å². The third-order valence-electron chi connectivity index (χ3n) is 6.61. The number of nitrogens with one attached hydrogen (secondary N) is 1. The molecular weight excluding hydrogens is 456 g/mol. The van der Waals surface area contributed by atoms with Gasteiger partial charge in [-0.2, -0.15) is 15.8 Å². The number of rotatable bonds is 3. The van der Waals surface area contributed by atoms with Crippen molar-refractivity contribution in [3.05, 3.63) is 69.7 Å². The summed E-state index contributed by atoms with van der Waals surface area (Å²) in [4.78, 5) is 0. The summed E-state index contributed by atoms with van der Waals surface area (Å²) in [6.45, 7) is 3.73. The van der Waals surface area contributed by atoms with Crippen molar-refractivity contribution in [3.8, 4) is 18.2 Å². The predicted molar refractivity (Wildman–Crippen MR) is 115 cm³/mol. The van der Waals surface area contributed by atoms with Crippen molar-refractivity contribution < 1.29 is 9.47 Å². The Hall–Kier alpha value is -3.18. The second kappa shape index (κ2) is 7.20. The lowest BCUT2D eigenvalue weighted by Crippen LogP contribution is -2.57. The molecule has 0 aliphatic carbocycles. The second-order valence-electron chi connectivity index (χ2n) is 7.87. The molecule has 2 bridgehead atoms. The number of halogens is 1. The van der Waals surface area contributed by atoms with E-state index in [0.29, 0.717) is 11.1 Å². The topological polar surface area (TPSA) is 114 Å².